The summed E-state index contributed by atoms with van der Waals surface area (Å²) in [6.07, 6.45) is 0. The normalized spacial score (nSPS) is 13.6. The Bertz CT molecular complexity index is 494. The monoisotopic (exact) mass is 262 g/mol. The van der Waals surface area contributed by atoms with E-state index in [0.29, 0.717) is 11.3 Å². The summed E-state index contributed by atoms with van der Waals surface area (Å²) in [6.45, 7) is 5.34. The van der Waals surface area contributed by atoms with Gasteiger partial charge in [0.05, 0.1) is 7.11 Å². The number of halogens is 1. The molecule has 0 aliphatic carbocycles. The van der Waals surface area contributed by atoms with E-state index in [1.807, 2.05) is 19.9 Å². The highest BCUT2D eigenvalue weighted by Gasteiger charge is 2.24. The van der Waals surface area contributed by atoms with Crippen molar-refractivity contribution in [2.75, 3.05) is 7.11 Å². The molecule has 90 valence electrons. The number of benzene rings is 1. The van der Waals surface area contributed by atoms with Crippen LogP contribution < -0.4 is 4.74 Å². The van der Waals surface area contributed by atoms with E-state index in [0.717, 1.165) is 11.1 Å². The largest absolute Gasteiger partial charge is 0.496 e. The molecule has 3 nitrogen and oxygen atoms in total. The molecule has 1 rings (SSSR count). The van der Waals surface area contributed by atoms with Crippen molar-refractivity contribution in [3.05, 3.63) is 28.8 Å². The molecule has 1 unspecified atom stereocenters. The fourth-order valence-corrected chi connectivity index (χ4v) is 2.49. The van der Waals surface area contributed by atoms with Crippen molar-refractivity contribution in [2.45, 2.75) is 26.0 Å². The summed E-state index contributed by atoms with van der Waals surface area (Å²) in [4.78, 5) is 0. The molecule has 0 bridgehead atoms. The van der Waals surface area contributed by atoms with Crippen LogP contribution in [0.15, 0.2) is 12.1 Å². The summed E-state index contributed by atoms with van der Waals surface area (Å²) >= 11 is 0. The van der Waals surface area contributed by atoms with Gasteiger partial charge in [-0.15, -0.1) is 0 Å². The zero-order valence-corrected chi connectivity index (χ0v) is 11.3. The second kappa shape index (κ2) is 4.63. The molecule has 0 fully saturated rings. The summed E-state index contributed by atoms with van der Waals surface area (Å²) in [5.74, 6) is 0.585. The average molecular weight is 263 g/mol. The van der Waals surface area contributed by atoms with Crippen molar-refractivity contribution in [3.8, 4) is 5.75 Å². The van der Waals surface area contributed by atoms with Crippen LogP contribution >= 0.6 is 10.7 Å². The molecule has 0 aliphatic rings. The average Bonchev–Trinajstić information content (AvgIpc) is 2.14. The van der Waals surface area contributed by atoms with Gasteiger partial charge < -0.3 is 4.74 Å². The summed E-state index contributed by atoms with van der Waals surface area (Å²) in [5, 5.41) is -0.775. The van der Waals surface area contributed by atoms with Crippen LogP contribution in [0.5, 0.6) is 5.75 Å². The fraction of sp³-hybridized carbons (Fsp3) is 0.455. The standard InChI is InChI=1S/C11H15ClO3S/c1-7-5-8(2)11(15-4)10(6-7)9(3)16(12,13)14/h5-6,9H,1-4H3. The second-order valence-electron chi connectivity index (χ2n) is 3.82. The van der Waals surface area contributed by atoms with E-state index in [9.17, 15) is 8.42 Å². The van der Waals surface area contributed by atoms with E-state index in [4.69, 9.17) is 15.4 Å². The highest BCUT2D eigenvalue weighted by molar-refractivity contribution is 8.13. The van der Waals surface area contributed by atoms with E-state index in [1.165, 1.54) is 7.11 Å². The van der Waals surface area contributed by atoms with Crippen molar-refractivity contribution in [1.29, 1.82) is 0 Å². The highest BCUT2D eigenvalue weighted by atomic mass is 35.7. The lowest BCUT2D eigenvalue weighted by Gasteiger charge is -2.16. The molecule has 0 amide bonds. The van der Waals surface area contributed by atoms with E-state index in [1.54, 1.807) is 13.0 Å². The predicted molar refractivity (Wildman–Crippen MR) is 65.7 cm³/mol. The molecule has 0 aliphatic heterocycles. The summed E-state index contributed by atoms with van der Waals surface area (Å²) in [5.41, 5.74) is 2.50. The molecule has 0 saturated carbocycles. The van der Waals surface area contributed by atoms with Crippen molar-refractivity contribution >= 4 is 19.7 Å². The van der Waals surface area contributed by atoms with Crippen molar-refractivity contribution in [3.63, 3.8) is 0 Å². The maximum atomic E-state index is 11.3. The van der Waals surface area contributed by atoms with E-state index >= 15 is 0 Å². The zero-order chi connectivity index (χ0) is 12.5. The minimum Gasteiger partial charge on any atom is -0.496 e. The van der Waals surface area contributed by atoms with E-state index < -0.39 is 14.3 Å². The van der Waals surface area contributed by atoms with Crippen molar-refractivity contribution in [1.82, 2.24) is 0 Å². The number of hydrogen-bond acceptors (Lipinski definition) is 3. The predicted octanol–water partition coefficient (Wildman–Crippen LogP) is 2.94. The summed E-state index contributed by atoms with van der Waals surface area (Å²) in [7, 11) is 3.26. The molecular weight excluding hydrogens is 248 g/mol. The molecule has 0 saturated heterocycles. The maximum absolute atomic E-state index is 11.3. The Morgan fingerprint density at radius 2 is 1.88 bits per heavy atom. The number of methoxy groups -OCH3 is 1. The smallest absolute Gasteiger partial charge is 0.239 e. The molecule has 0 spiro atoms. The molecule has 16 heavy (non-hydrogen) atoms. The van der Waals surface area contributed by atoms with Gasteiger partial charge in [0.25, 0.3) is 0 Å². The molecule has 0 aromatic heterocycles. The first-order valence-corrected chi connectivity index (χ1v) is 7.23. The Balaban J connectivity index is 3.43. The minimum atomic E-state index is -3.63. The third-order valence-corrected chi connectivity index (χ3v) is 4.41. The second-order valence-corrected chi connectivity index (χ2v) is 6.77. The fourth-order valence-electron chi connectivity index (χ4n) is 1.72. The molecule has 0 radical (unpaired) electrons. The quantitative estimate of drug-likeness (QED) is 0.787. The number of rotatable bonds is 3. The van der Waals surface area contributed by atoms with E-state index in [2.05, 4.69) is 0 Å². The Kier molecular flexibility index (Phi) is 3.86. The third kappa shape index (κ3) is 2.68. The molecule has 1 aromatic rings. The van der Waals surface area contributed by atoms with Gasteiger partial charge in [-0.2, -0.15) is 0 Å². The Morgan fingerprint density at radius 1 is 1.31 bits per heavy atom. The molecule has 0 N–H and O–H groups in total. The Morgan fingerprint density at radius 3 is 2.31 bits per heavy atom. The van der Waals surface area contributed by atoms with Gasteiger partial charge in [0, 0.05) is 16.2 Å². The first-order valence-electron chi connectivity index (χ1n) is 4.86. The molecule has 0 heterocycles. The molecule has 5 heteroatoms. The lowest BCUT2D eigenvalue weighted by molar-refractivity contribution is 0.406. The lowest BCUT2D eigenvalue weighted by Crippen LogP contribution is -2.06. The zero-order valence-electron chi connectivity index (χ0n) is 9.74. The van der Waals surface area contributed by atoms with Crippen LogP contribution in [0.25, 0.3) is 0 Å². The molecule has 1 aromatic carbocycles. The van der Waals surface area contributed by atoms with Crippen molar-refractivity contribution < 1.29 is 13.2 Å². The Labute approximate surface area is 101 Å². The third-order valence-electron chi connectivity index (χ3n) is 2.51. The van der Waals surface area contributed by atoms with Gasteiger partial charge in [0.15, 0.2) is 0 Å². The van der Waals surface area contributed by atoms with Crippen LogP contribution in [-0.2, 0) is 9.05 Å². The van der Waals surface area contributed by atoms with Crippen LogP contribution in [0.2, 0.25) is 0 Å². The number of hydrogen-bond donors (Lipinski definition) is 0. The SMILES string of the molecule is COc1c(C)cc(C)cc1C(C)S(=O)(=O)Cl. The maximum Gasteiger partial charge on any atom is 0.239 e. The van der Waals surface area contributed by atoms with Crippen molar-refractivity contribution in [2.24, 2.45) is 0 Å². The number of aryl methyl sites for hydroxylation is 2. The Hall–Kier alpha value is -0.740. The topological polar surface area (TPSA) is 43.4 Å². The van der Waals surface area contributed by atoms with Gasteiger partial charge in [-0.3, -0.25) is 0 Å². The van der Waals surface area contributed by atoms with Crippen LogP contribution in [0.1, 0.15) is 28.9 Å². The summed E-state index contributed by atoms with van der Waals surface area (Å²) in [6, 6.07) is 3.73. The van der Waals surface area contributed by atoms with Crippen LogP contribution in [0, 0.1) is 13.8 Å². The van der Waals surface area contributed by atoms with Crippen LogP contribution in [0.3, 0.4) is 0 Å². The van der Waals surface area contributed by atoms with E-state index in [-0.39, 0.29) is 0 Å². The van der Waals surface area contributed by atoms with Crippen LogP contribution in [-0.4, -0.2) is 15.5 Å². The minimum absolute atomic E-state index is 0.585. The lowest BCUT2D eigenvalue weighted by atomic mass is 10.0. The number of ether oxygens (including phenoxy) is 1. The summed E-state index contributed by atoms with van der Waals surface area (Å²) < 4.78 is 27.9. The highest BCUT2D eigenvalue weighted by Crippen LogP contribution is 2.35. The van der Waals surface area contributed by atoms with Gasteiger partial charge in [0.2, 0.25) is 9.05 Å². The van der Waals surface area contributed by atoms with Gasteiger partial charge in [-0.25, -0.2) is 8.42 Å². The van der Waals surface area contributed by atoms with Gasteiger partial charge in [0.1, 0.15) is 11.0 Å². The molecule has 1 atom stereocenters. The molecular formula is C11H15ClO3S. The van der Waals surface area contributed by atoms with Gasteiger partial charge in [-0.05, 0) is 26.3 Å². The van der Waals surface area contributed by atoms with Crippen LogP contribution in [0.4, 0.5) is 0 Å². The van der Waals surface area contributed by atoms with Gasteiger partial charge in [-0.1, -0.05) is 17.7 Å². The first-order chi connectivity index (χ1) is 7.27. The van der Waals surface area contributed by atoms with Gasteiger partial charge >= 0.3 is 0 Å². The first kappa shape index (κ1) is 13.3.